The molecule has 0 spiro atoms. The number of rotatable bonds is 13. The van der Waals surface area contributed by atoms with E-state index in [-0.39, 0.29) is 0 Å². The van der Waals surface area contributed by atoms with E-state index in [0.29, 0.717) is 0 Å². The van der Waals surface area contributed by atoms with Gasteiger partial charge >= 0.3 is 0 Å². The van der Waals surface area contributed by atoms with Crippen molar-refractivity contribution >= 4 is 0 Å². The highest BCUT2D eigenvalue weighted by molar-refractivity contribution is 4.81. The molecule has 21 heavy (non-hydrogen) atoms. The van der Waals surface area contributed by atoms with Gasteiger partial charge in [0.1, 0.15) is 0 Å². The highest BCUT2D eigenvalue weighted by Crippen LogP contribution is 2.11. The summed E-state index contributed by atoms with van der Waals surface area (Å²) in [5.74, 6) is 0. The highest BCUT2D eigenvalue weighted by atomic mass is 15.1. The Hall–Kier alpha value is -0.300. The topological polar surface area (TPSA) is 3.24 Å². The Morgan fingerprint density at radius 3 is 1.90 bits per heavy atom. The maximum atomic E-state index is 2.65. The molecule has 1 aliphatic rings. The second-order valence-electron chi connectivity index (χ2n) is 6.78. The van der Waals surface area contributed by atoms with Crippen LogP contribution in [0.3, 0.4) is 0 Å². The Labute approximate surface area is 134 Å². The quantitative estimate of drug-likeness (QED) is 0.283. The number of likely N-dealkylation sites (tertiary alicyclic amines) is 1. The number of hydrogen-bond acceptors (Lipinski definition) is 1. The number of unbranched alkanes of at least 4 members (excludes halogenated alkanes) is 9. The van der Waals surface area contributed by atoms with Crippen molar-refractivity contribution in [2.24, 2.45) is 0 Å². The zero-order chi connectivity index (χ0) is 15.0. The molecule has 0 amide bonds. The third-order valence-electron chi connectivity index (χ3n) is 4.68. The van der Waals surface area contributed by atoms with Crippen LogP contribution in [0.25, 0.3) is 0 Å². The number of piperidine rings is 1. The molecule has 1 heteroatoms. The summed E-state index contributed by atoms with van der Waals surface area (Å²) in [4.78, 5) is 2.65. The van der Waals surface area contributed by atoms with Gasteiger partial charge in [-0.05, 0) is 58.2 Å². The molecule has 0 N–H and O–H groups in total. The minimum Gasteiger partial charge on any atom is -0.303 e. The van der Waals surface area contributed by atoms with Crippen molar-refractivity contribution in [3.8, 4) is 0 Å². The minimum atomic E-state index is 1.29. The third-order valence-corrected chi connectivity index (χ3v) is 4.68. The Morgan fingerprint density at radius 2 is 1.24 bits per heavy atom. The normalized spacial score (nSPS) is 16.8. The van der Waals surface area contributed by atoms with E-state index in [4.69, 9.17) is 0 Å². The fraction of sp³-hybridized carbons (Fsp3) is 0.900. The summed E-state index contributed by atoms with van der Waals surface area (Å²) in [7, 11) is 0. The van der Waals surface area contributed by atoms with E-state index in [1.165, 1.54) is 110 Å². The maximum Gasteiger partial charge on any atom is -0.00158 e. The average molecular weight is 294 g/mol. The molecular formula is C20H39N. The SMILES string of the molecule is CCCCCCCCCC/C=C\CCCN1CCCCC1. The zero-order valence-electron chi connectivity index (χ0n) is 14.6. The number of hydrogen-bond donors (Lipinski definition) is 0. The first-order chi connectivity index (χ1) is 10.4. The highest BCUT2D eigenvalue weighted by Gasteiger charge is 2.08. The number of allylic oxidation sites excluding steroid dienone is 2. The van der Waals surface area contributed by atoms with Gasteiger partial charge in [0.25, 0.3) is 0 Å². The molecule has 0 unspecified atom stereocenters. The first-order valence-electron chi connectivity index (χ1n) is 9.81. The van der Waals surface area contributed by atoms with Gasteiger partial charge in [0.05, 0.1) is 0 Å². The largest absolute Gasteiger partial charge is 0.303 e. The summed E-state index contributed by atoms with van der Waals surface area (Å²) in [5, 5.41) is 0. The molecule has 1 fully saturated rings. The van der Waals surface area contributed by atoms with Crippen LogP contribution in [0, 0.1) is 0 Å². The molecule has 1 nitrogen and oxygen atoms in total. The molecule has 1 rings (SSSR count). The van der Waals surface area contributed by atoms with Crippen LogP contribution in [-0.2, 0) is 0 Å². The molecule has 0 saturated carbocycles. The molecule has 0 aromatic carbocycles. The van der Waals surface area contributed by atoms with E-state index >= 15 is 0 Å². The average Bonchev–Trinajstić information content (AvgIpc) is 2.53. The summed E-state index contributed by atoms with van der Waals surface area (Å²) in [6.45, 7) is 6.31. The van der Waals surface area contributed by atoms with Crippen molar-refractivity contribution < 1.29 is 0 Å². The molecule has 1 heterocycles. The molecule has 0 aromatic heterocycles. The van der Waals surface area contributed by atoms with E-state index in [1.807, 2.05) is 0 Å². The molecular weight excluding hydrogens is 254 g/mol. The first-order valence-corrected chi connectivity index (χ1v) is 9.81. The Kier molecular flexibility index (Phi) is 13.1. The lowest BCUT2D eigenvalue weighted by molar-refractivity contribution is 0.227. The summed E-state index contributed by atoms with van der Waals surface area (Å²) in [5.41, 5.74) is 0. The van der Waals surface area contributed by atoms with Gasteiger partial charge in [0, 0.05) is 0 Å². The second-order valence-corrected chi connectivity index (χ2v) is 6.78. The monoisotopic (exact) mass is 293 g/mol. The summed E-state index contributed by atoms with van der Waals surface area (Å²) in [6, 6.07) is 0. The van der Waals surface area contributed by atoms with Gasteiger partial charge in [-0.3, -0.25) is 0 Å². The smallest absolute Gasteiger partial charge is 0.00158 e. The molecule has 1 saturated heterocycles. The number of nitrogens with zero attached hydrogens (tertiary/aromatic N) is 1. The van der Waals surface area contributed by atoms with Crippen LogP contribution in [-0.4, -0.2) is 24.5 Å². The predicted molar refractivity (Wildman–Crippen MR) is 95.9 cm³/mol. The third kappa shape index (κ3) is 12.0. The molecule has 0 aromatic rings. The lowest BCUT2D eigenvalue weighted by Crippen LogP contribution is -2.30. The van der Waals surface area contributed by atoms with E-state index < -0.39 is 0 Å². The first kappa shape index (κ1) is 18.7. The van der Waals surface area contributed by atoms with E-state index in [1.54, 1.807) is 0 Å². The van der Waals surface area contributed by atoms with Crippen LogP contribution in [0.4, 0.5) is 0 Å². The van der Waals surface area contributed by atoms with Gasteiger partial charge in [0.15, 0.2) is 0 Å². The lowest BCUT2D eigenvalue weighted by atomic mass is 10.1. The van der Waals surface area contributed by atoms with Crippen LogP contribution in [0.2, 0.25) is 0 Å². The molecule has 1 aliphatic heterocycles. The van der Waals surface area contributed by atoms with Crippen molar-refractivity contribution in [3.05, 3.63) is 12.2 Å². The van der Waals surface area contributed by atoms with Gasteiger partial charge in [-0.2, -0.15) is 0 Å². The van der Waals surface area contributed by atoms with Gasteiger partial charge in [-0.15, -0.1) is 0 Å². The minimum absolute atomic E-state index is 1.29. The van der Waals surface area contributed by atoms with Crippen LogP contribution >= 0.6 is 0 Å². The van der Waals surface area contributed by atoms with Crippen LogP contribution in [0.5, 0.6) is 0 Å². The van der Waals surface area contributed by atoms with Crippen molar-refractivity contribution in [1.82, 2.24) is 4.90 Å². The van der Waals surface area contributed by atoms with E-state index in [9.17, 15) is 0 Å². The van der Waals surface area contributed by atoms with Crippen molar-refractivity contribution in [1.29, 1.82) is 0 Å². The Morgan fingerprint density at radius 1 is 0.667 bits per heavy atom. The molecule has 0 atom stereocenters. The van der Waals surface area contributed by atoms with E-state index in [0.717, 1.165) is 0 Å². The Bertz CT molecular complexity index is 228. The van der Waals surface area contributed by atoms with Crippen molar-refractivity contribution in [3.63, 3.8) is 0 Å². The molecule has 0 aliphatic carbocycles. The predicted octanol–water partition coefficient (Wildman–Crippen LogP) is 6.34. The molecule has 124 valence electrons. The van der Waals surface area contributed by atoms with Crippen LogP contribution < -0.4 is 0 Å². The van der Waals surface area contributed by atoms with Gasteiger partial charge < -0.3 is 4.90 Å². The molecule has 0 radical (unpaired) electrons. The Balaban J connectivity index is 1.76. The van der Waals surface area contributed by atoms with Crippen molar-refractivity contribution in [2.45, 2.75) is 96.8 Å². The van der Waals surface area contributed by atoms with Gasteiger partial charge in [-0.25, -0.2) is 0 Å². The molecule has 0 bridgehead atoms. The fourth-order valence-electron chi connectivity index (χ4n) is 3.25. The summed E-state index contributed by atoms with van der Waals surface area (Å²) in [6.07, 6.45) is 24.5. The standard InChI is InChI=1S/C20H39N/c1-2-3-4-5-6-7-8-9-10-11-12-13-15-18-21-19-16-14-17-20-21/h11-12H,2-10,13-20H2,1H3/b12-11-. The van der Waals surface area contributed by atoms with Crippen molar-refractivity contribution in [2.75, 3.05) is 19.6 Å². The zero-order valence-corrected chi connectivity index (χ0v) is 14.6. The second kappa shape index (κ2) is 14.6. The van der Waals surface area contributed by atoms with Gasteiger partial charge in [0.2, 0.25) is 0 Å². The van der Waals surface area contributed by atoms with Crippen LogP contribution in [0.1, 0.15) is 96.8 Å². The van der Waals surface area contributed by atoms with E-state index in [2.05, 4.69) is 24.0 Å². The van der Waals surface area contributed by atoms with Gasteiger partial charge in [-0.1, -0.05) is 70.4 Å². The summed E-state index contributed by atoms with van der Waals surface area (Å²) >= 11 is 0. The lowest BCUT2D eigenvalue weighted by Gasteiger charge is -2.25. The van der Waals surface area contributed by atoms with Crippen LogP contribution in [0.15, 0.2) is 12.2 Å². The maximum absolute atomic E-state index is 2.65. The summed E-state index contributed by atoms with van der Waals surface area (Å²) < 4.78 is 0. The fourth-order valence-corrected chi connectivity index (χ4v) is 3.25.